The van der Waals surface area contributed by atoms with Crippen LogP contribution in [0.15, 0.2) is 29.3 Å². The maximum absolute atomic E-state index is 11.9. The van der Waals surface area contributed by atoms with Crippen molar-refractivity contribution in [3.05, 3.63) is 35.4 Å². The van der Waals surface area contributed by atoms with Crippen LogP contribution in [0, 0.1) is 5.92 Å². The minimum absolute atomic E-state index is 0.00200. The standard InChI is InChI=1S/C21H34N6O2/c1-23-21(24-11-5-13-27-12-4-6-18(15-27)19(22)28)25-14-16-7-9-17(10-8-16)20(29)26(2)3/h7-10,18H,4-6,11-15H2,1-3H3,(H2,22,28)(H2,23,24,25). The molecule has 160 valence electrons. The third kappa shape index (κ3) is 7.38. The second-order valence-corrected chi connectivity index (χ2v) is 7.64. The Labute approximate surface area is 173 Å². The molecule has 29 heavy (non-hydrogen) atoms. The van der Waals surface area contributed by atoms with E-state index in [1.54, 1.807) is 26.0 Å². The van der Waals surface area contributed by atoms with Gasteiger partial charge in [0, 0.05) is 46.3 Å². The van der Waals surface area contributed by atoms with Gasteiger partial charge >= 0.3 is 0 Å². The maximum Gasteiger partial charge on any atom is 0.253 e. The SMILES string of the molecule is CN=C(NCCCN1CCCC(C(N)=O)C1)NCc1ccc(C(=O)N(C)C)cc1. The van der Waals surface area contributed by atoms with Gasteiger partial charge in [0.2, 0.25) is 5.91 Å². The van der Waals surface area contributed by atoms with Crippen LogP contribution in [0.25, 0.3) is 0 Å². The minimum atomic E-state index is -0.184. The fourth-order valence-electron chi connectivity index (χ4n) is 3.43. The summed E-state index contributed by atoms with van der Waals surface area (Å²) < 4.78 is 0. The van der Waals surface area contributed by atoms with Gasteiger partial charge in [0.1, 0.15) is 0 Å². The molecule has 1 fully saturated rings. The number of hydrogen-bond donors (Lipinski definition) is 3. The Kier molecular flexibility index (Phi) is 8.92. The zero-order valence-electron chi connectivity index (χ0n) is 17.8. The highest BCUT2D eigenvalue weighted by molar-refractivity contribution is 5.93. The molecular formula is C21H34N6O2. The maximum atomic E-state index is 11.9. The first kappa shape index (κ1) is 22.7. The molecule has 2 amide bonds. The number of carbonyl (C=O) groups is 2. The number of rotatable bonds is 8. The highest BCUT2D eigenvalue weighted by atomic mass is 16.2. The molecular weight excluding hydrogens is 368 g/mol. The van der Waals surface area contributed by atoms with E-state index in [0.717, 1.165) is 57.0 Å². The third-order valence-corrected chi connectivity index (χ3v) is 5.14. The van der Waals surface area contributed by atoms with Crippen LogP contribution >= 0.6 is 0 Å². The van der Waals surface area contributed by atoms with Crippen LogP contribution in [0.2, 0.25) is 0 Å². The van der Waals surface area contributed by atoms with Gasteiger partial charge in [-0.25, -0.2) is 0 Å². The van der Waals surface area contributed by atoms with Crippen molar-refractivity contribution in [2.45, 2.75) is 25.8 Å². The normalized spacial score (nSPS) is 17.6. The Morgan fingerprint density at radius 3 is 2.59 bits per heavy atom. The molecule has 0 aliphatic carbocycles. The van der Waals surface area contributed by atoms with Crippen LogP contribution in [0.5, 0.6) is 0 Å². The summed E-state index contributed by atoms with van der Waals surface area (Å²) in [7, 11) is 5.24. The molecule has 8 nitrogen and oxygen atoms in total. The van der Waals surface area contributed by atoms with Crippen molar-refractivity contribution in [1.29, 1.82) is 0 Å². The predicted molar refractivity (Wildman–Crippen MR) is 116 cm³/mol. The average Bonchev–Trinajstić information content (AvgIpc) is 2.73. The van der Waals surface area contributed by atoms with Crippen molar-refractivity contribution >= 4 is 17.8 Å². The lowest BCUT2D eigenvalue weighted by Gasteiger charge is -2.31. The summed E-state index contributed by atoms with van der Waals surface area (Å²) in [6.45, 7) is 4.17. The van der Waals surface area contributed by atoms with Gasteiger partial charge < -0.3 is 26.2 Å². The summed E-state index contributed by atoms with van der Waals surface area (Å²) in [6.07, 6.45) is 2.90. The molecule has 0 saturated carbocycles. The molecule has 2 rings (SSSR count). The van der Waals surface area contributed by atoms with Crippen molar-refractivity contribution in [3.8, 4) is 0 Å². The monoisotopic (exact) mass is 402 g/mol. The number of nitrogens with two attached hydrogens (primary N) is 1. The van der Waals surface area contributed by atoms with E-state index in [0.29, 0.717) is 12.1 Å². The quantitative estimate of drug-likeness (QED) is 0.336. The molecule has 1 atom stereocenters. The summed E-state index contributed by atoms with van der Waals surface area (Å²) in [5.41, 5.74) is 7.19. The second kappa shape index (κ2) is 11.4. The van der Waals surface area contributed by atoms with Gasteiger partial charge in [-0.1, -0.05) is 12.1 Å². The first-order valence-corrected chi connectivity index (χ1v) is 10.2. The van der Waals surface area contributed by atoms with Crippen molar-refractivity contribution in [2.24, 2.45) is 16.6 Å². The van der Waals surface area contributed by atoms with Crippen LogP contribution < -0.4 is 16.4 Å². The Bertz CT molecular complexity index is 702. The van der Waals surface area contributed by atoms with Crippen molar-refractivity contribution < 1.29 is 9.59 Å². The third-order valence-electron chi connectivity index (χ3n) is 5.14. The molecule has 0 radical (unpaired) electrons. The van der Waals surface area contributed by atoms with Gasteiger partial charge in [-0.3, -0.25) is 14.6 Å². The van der Waals surface area contributed by atoms with E-state index in [2.05, 4.69) is 20.5 Å². The number of carbonyl (C=O) groups excluding carboxylic acids is 2. The fourth-order valence-corrected chi connectivity index (χ4v) is 3.43. The first-order chi connectivity index (χ1) is 13.9. The number of primary amides is 1. The Hall–Kier alpha value is -2.61. The number of piperidine rings is 1. The number of guanidine groups is 1. The highest BCUT2D eigenvalue weighted by Crippen LogP contribution is 2.15. The van der Waals surface area contributed by atoms with E-state index in [1.165, 1.54) is 0 Å². The minimum Gasteiger partial charge on any atom is -0.369 e. The van der Waals surface area contributed by atoms with E-state index in [9.17, 15) is 9.59 Å². The lowest BCUT2D eigenvalue weighted by Crippen LogP contribution is -2.42. The van der Waals surface area contributed by atoms with Crippen LogP contribution in [-0.2, 0) is 11.3 Å². The molecule has 0 aromatic heterocycles. The van der Waals surface area contributed by atoms with Gasteiger partial charge in [0.15, 0.2) is 5.96 Å². The summed E-state index contributed by atoms with van der Waals surface area (Å²) in [6, 6.07) is 7.58. The molecule has 1 aliphatic rings. The number of likely N-dealkylation sites (tertiary alicyclic amines) is 1. The first-order valence-electron chi connectivity index (χ1n) is 10.2. The van der Waals surface area contributed by atoms with E-state index >= 15 is 0 Å². The number of amides is 2. The molecule has 8 heteroatoms. The lowest BCUT2D eigenvalue weighted by atomic mass is 9.97. The molecule has 1 aliphatic heterocycles. The average molecular weight is 403 g/mol. The largest absolute Gasteiger partial charge is 0.369 e. The number of aliphatic imine (C=N–C) groups is 1. The van der Waals surface area contributed by atoms with E-state index < -0.39 is 0 Å². The molecule has 4 N–H and O–H groups in total. The fraction of sp³-hybridized carbons (Fsp3) is 0.571. The Morgan fingerprint density at radius 2 is 1.97 bits per heavy atom. The molecule has 1 saturated heterocycles. The van der Waals surface area contributed by atoms with Crippen LogP contribution in [0.3, 0.4) is 0 Å². The van der Waals surface area contributed by atoms with Gasteiger partial charge in [-0.15, -0.1) is 0 Å². The van der Waals surface area contributed by atoms with Crippen LogP contribution in [0.1, 0.15) is 35.2 Å². The molecule has 0 bridgehead atoms. The summed E-state index contributed by atoms with van der Waals surface area (Å²) >= 11 is 0. The smallest absolute Gasteiger partial charge is 0.253 e. The summed E-state index contributed by atoms with van der Waals surface area (Å²) in [5, 5.41) is 6.60. The number of nitrogens with zero attached hydrogens (tertiary/aromatic N) is 3. The zero-order valence-corrected chi connectivity index (χ0v) is 17.8. The van der Waals surface area contributed by atoms with E-state index in [4.69, 9.17) is 5.73 Å². The molecule has 1 heterocycles. The van der Waals surface area contributed by atoms with Crippen molar-refractivity contribution in [3.63, 3.8) is 0 Å². The molecule has 1 aromatic carbocycles. The van der Waals surface area contributed by atoms with Crippen molar-refractivity contribution in [1.82, 2.24) is 20.4 Å². The molecule has 1 aromatic rings. The topological polar surface area (TPSA) is 103 Å². The molecule has 0 spiro atoms. The van der Waals surface area contributed by atoms with Crippen molar-refractivity contribution in [2.75, 3.05) is 47.3 Å². The van der Waals surface area contributed by atoms with Gasteiger partial charge in [0.25, 0.3) is 5.91 Å². The Balaban J connectivity index is 1.69. The van der Waals surface area contributed by atoms with Gasteiger partial charge in [-0.05, 0) is 50.0 Å². The Morgan fingerprint density at radius 1 is 1.24 bits per heavy atom. The predicted octanol–water partition coefficient (Wildman–Crippen LogP) is 0.641. The lowest BCUT2D eigenvalue weighted by molar-refractivity contribution is -0.123. The number of hydrogen-bond acceptors (Lipinski definition) is 4. The van der Waals surface area contributed by atoms with Crippen LogP contribution in [0.4, 0.5) is 0 Å². The summed E-state index contributed by atoms with van der Waals surface area (Å²) in [5.74, 6) is 0.548. The zero-order chi connectivity index (χ0) is 21.2. The number of nitrogens with one attached hydrogen (secondary N) is 2. The van der Waals surface area contributed by atoms with E-state index in [-0.39, 0.29) is 17.7 Å². The summed E-state index contributed by atoms with van der Waals surface area (Å²) in [4.78, 5) is 31.4. The van der Waals surface area contributed by atoms with Gasteiger partial charge in [0.05, 0.1) is 5.92 Å². The highest BCUT2D eigenvalue weighted by Gasteiger charge is 2.23. The van der Waals surface area contributed by atoms with E-state index in [1.807, 2.05) is 24.3 Å². The molecule has 1 unspecified atom stereocenters. The number of benzene rings is 1. The van der Waals surface area contributed by atoms with Crippen LogP contribution in [-0.4, -0.2) is 74.9 Å². The second-order valence-electron chi connectivity index (χ2n) is 7.64. The van der Waals surface area contributed by atoms with Gasteiger partial charge in [-0.2, -0.15) is 0 Å².